The summed E-state index contributed by atoms with van der Waals surface area (Å²) < 4.78 is 10.3. The van der Waals surface area contributed by atoms with E-state index in [0.717, 1.165) is 5.56 Å². The summed E-state index contributed by atoms with van der Waals surface area (Å²) in [5.74, 6) is -1.81. The maximum absolute atomic E-state index is 12.3. The van der Waals surface area contributed by atoms with E-state index >= 15 is 0 Å². The molecule has 1 unspecified atom stereocenters. The van der Waals surface area contributed by atoms with E-state index in [1.807, 2.05) is 18.2 Å². The van der Waals surface area contributed by atoms with Crippen molar-refractivity contribution in [3.63, 3.8) is 0 Å². The largest absolute Gasteiger partial charge is 0.506 e. The quantitative estimate of drug-likeness (QED) is 0.284. The molecular formula is C26H33N3O8. The van der Waals surface area contributed by atoms with Crippen LogP contribution in [0.2, 0.25) is 0 Å². The number of alkyl carbamates (subject to hydrolysis) is 2. The van der Waals surface area contributed by atoms with Crippen LogP contribution in [0.3, 0.4) is 0 Å². The second-order valence-corrected chi connectivity index (χ2v) is 9.29. The molecule has 37 heavy (non-hydrogen) atoms. The summed E-state index contributed by atoms with van der Waals surface area (Å²) in [6.45, 7) is 4.80. The van der Waals surface area contributed by atoms with E-state index < -0.39 is 42.3 Å². The van der Waals surface area contributed by atoms with Gasteiger partial charge < -0.3 is 35.6 Å². The number of benzene rings is 2. The van der Waals surface area contributed by atoms with E-state index in [9.17, 15) is 24.3 Å². The third-order valence-corrected chi connectivity index (χ3v) is 4.85. The molecule has 200 valence electrons. The number of rotatable bonds is 11. The van der Waals surface area contributed by atoms with Gasteiger partial charge in [-0.1, -0.05) is 36.4 Å². The number of carbonyl (C=O) groups is 4. The van der Waals surface area contributed by atoms with Gasteiger partial charge in [0.2, 0.25) is 5.91 Å². The van der Waals surface area contributed by atoms with E-state index in [1.54, 1.807) is 39.0 Å². The van der Waals surface area contributed by atoms with Crippen molar-refractivity contribution in [2.75, 3.05) is 11.9 Å². The Morgan fingerprint density at radius 3 is 2.32 bits per heavy atom. The Hall–Kier alpha value is -4.28. The molecule has 0 heterocycles. The zero-order chi connectivity index (χ0) is 27.4. The Kier molecular flexibility index (Phi) is 10.7. The molecule has 0 saturated heterocycles. The molecule has 0 aromatic heterocycles. The molecule has 0 spiro atoms. The van der Waals surface area contributed by atoms with Crippen molar-refractivity contribution in [1.29, 1.82) is 0 Å². The van der Waals surface area contributed by atoms with Crippen molar-refractivity contribution in [1.82, 2.24) is 10.6 Å². The molecule has 1 atom stereocenters. The highest BCUT2D eigenvalue weighted by atomic mass is 16.6. The number of ether oxygens (including phenoxy) is 2. The van der Waals surface area contributed by atoms with E-state index in [-0.39, 0.29) is 37.3 Å². The Balaban J connectivity index is 1.94. The number of aliphatic carboxylic acids is 1. The summed E-state index contributed by atoms with van der Waals surface area (Å²) in [5.41, 5.74) is 0.789. The minimum absolute atomic E-state index is 0.0531. The standard InChI is InChI=1S/C26H33N3O8/c1-26(2,3)37-25(35)28-19(10-12-23(32)33)13-18-9-11-21(30)20(14-18)29-22(31)15-27-24(34)36-16-17-7-5-4-6-8-17/h4-9,11,14,19,30H,10,12-13,15-16H2,1-3H3,(H,27,34)(H,28,35)(H,29,31)(H,32,33). The van der Waals surface area contributed by atoms with Gasteiger partial charge in [0, 0.05) is 12.5 Å². The molecule has 0 radical (unpaired) electrons. The van der Waals surface area contributed by atoms with Gasteiger partial charge in [-0.15, -0.1) is 0 Å². The number of phenols is 1. The van der Waals surface area contributed by atoms with E-state index in [2.05, 4.69) is 16.0 Å². The molecule has 2 aromatic rings. The second-order valence-electron chi connectivity index (χ2n) is 9.29. The number of carboxylic acids is 1. The topological polar surface area (TPSA) is 163 Å². The molecule has 0 saturated carbocycles. The highest BCUT2D eigenvalue weighted by Gasteiger charge is 2.21. The summed E-state index contributed by atoms with van der Waals surface area (Å²) >= 11 is 0. The predicted octanol–water partition coefficient (Wildman–Crippen LogP) is 3.56. The van der Waals surface area contributed by atoms with Crippen LogP contribution in [0.15, 0.2) is 48.5 Å². The van der Waals surface area contributed by atoms with Crippen molar-refractivity contribution in [3.05, 3.63) is 59.7 Å². The summed E-state index contributed by atoms with van der Waals surface area (Å²) in [5, 5.41) is 26.7. The Labute approximate surface area is 215 Å². The Morgan fingerprint density at radius 2 is 1.68 bits per heavy atom. The van der Waals surface area contributed by atoms with Crippen molar-refractivity contribution in [2.24, 2.45) is 0 Å². The number of hydrogen-bond acceptors (Lipinski definition) is 7. The van der Waals surface area contributed by atoms with Gasteiger partial charge in [-0.2, -0.15) is 0 Å². The molecule has 2 aromatic carbocycles. The molecular weight excluding hydrogens is 482 g/mol. The van der Waals surface area contributed by atoms with Crippen LogP contribution in [0.4, 0.5) is 15.3 Å². The first-order chi connectivity index (χ1) is 17.4. The molecule has 11 nitrogen and oxygen atoms in total. The smallest absolute Gasteiger partial charge is 0.407 e. The monoisotopic (exact) mass is 515 g/mol. The fourth-order valence-corrected chi connectivity index (χ4v) is 3.21. The average Bonchev–Trinajstić information content (AvgIpc) is 2.81. The SMILES string of the molecule is CC(C)(C)OC(=O)NC(CCC(=O)O)Cc1ccc(O)c(NC(=O)CNC(=O)OCc2ccccc2)c1. The van der Waals surface area contributed by atoms with Gasteiger partial charge in [-0.3, -0.25) is 9.59 Å². The molecule has 0 aliphatic heterocycles. The van der Waals surface area contributed by atoms with Crippen LogP contribution in [0.5, 0.6) is 5.75 Å². The molecule has 0 bridgehead atoms. The predicted molar refractivity (Wildman–Crippen MR) is 135 cm³/mol. The van der Waals surface area contributed by atoms with E-state index in [0.29, 0.717) is 5.56 Å². The van der Waals surface area contributed by atoms with E-state index in [4.69, 9.17) is 14.6 Å². The maximum atomic E-state index is 12.3. The summed E-state index contributed by atoms with van der Waals surface area (Å²) in [7, 11) is 0. The first-order valence-electron chi connectivity index (χ1n) is 11.7. The molecule has 0 fully saturated rings. The second kappa shape index (κ2) is 13.7. The summed E-state index contributed by atoms with van der Waals surface area (Å²) in [4.78, 5) is 47.4. The molecule has 2 rings (SSSR count). The van der Waals surface area contributed by atoms with Gasteiger partial charge >= 0.3 is 18.2 Å². The van der Waals surface area contributed by atoms with Crippen molar-refractivity contribution in [3.8, 4) is 5.75 Å². The van der Waals surface area contributed by atoms with Gasteiger partial charge in [-0.25, -0.2) is 9.59 Å². The number of phenolic OH excluding ortho intramolecular Hbond substituents is 1. The summed E-state index contributed by atoms with van der Waals surface area (Å²) in [6.07, 6.45) is -1.26. The Morgan fingerprint density at radius 1 is 0.973 bits per heavy atom. The molecule has 5 N–H and O–H groups in total. The lowest BCUT2D eigenvalue weighted by molar-refractivity contribution is -0.137. The van der Waals surface area contributed by atoms with Crippen LogP contribution in [0, 0.1) is 0 Å². The third kappa shape index (κ3) is 11.8. The van der Waals surface area contributed by atoms with Gasteiger partial charge in [0.05, 0.1) is 5.69 Å². The maximum Gasteiger partial charge on any atom is 0.407 e. The van der Waals surface area contributed by atoms with Crippen LogP contribution in [0.1, 0.15) is 44.7 Å². The van der Waals surface area contributed by atoms with Gasteiger partial charge in [0.15, 0.2) is 0 Å². The fourth-order valence-electron chi connectivity index (χ4n) is 3.21. The number of nitrogens with one attached hydrogen (secondary N) is 3. The molecule has 3 amide bonds. The number of hydrogen-bond donors (Lipinski definition) is 5. The number of carbonyl (C=O) groups excluding carboxylic acids is 3. The number of amides is 3. The Bertz CT molecular complexity index is 1080. The average molecular weight is 516 g/mol. The minimum atomic E-state index is -1.01. The number of aromatic hydroxyl groups is 1. The zero-order valence-electron chi connectivity index (χ0n) is 21.1. The van der Waals surface area contributed by atoms with Crippen LogP contribution < -0.4 is 16.0 Å². The normalized spacial score (nSPS) is 11.6. The van der Waals surface area contributed by atoms with Crippen molar-refractivity contribution in [2.45, 2.75) is 58.3 Å². The third-order valence-electron chi connectivity index (χ3n) is 4.85. The lowest BCUT2D eigenvalue weighted by Crippen LogP contribution is -2.40. The van der Waals surface area contributed by atoms with Crippen LogP contribution in [0.25, 0.3) is 0 Å². The van der Waals surface area contributed by atoms with Crippen molar-refractivity contribution < 1.29 is 38.9 Å². The van der Waals surface area contributed by atoms with Crippen LogP contribution in [-0.4, -0.2) is 52.5 Å². The molecule has 0 aliphatic rings. The first-order valence-corrected chi connectivity index (χ1v) is 11.7. The van der Waals surface area contributed by atoms with E-state index in [1.165, 1.54) is 12.1 Å². The van der Waals surface area contributed by atoms with Crippen LogP contribution >= 0.6 is 0 Å². The lowest BCUT2D eigenvalue weighted by Gasteiger charge is -2.23. The first kappa shape index (κ1) is 29.0. The van der Waals surface area contributed by atoms with Crippen molar-refractivity contribution >= 4 is 29.8 Å². The highest BCUT2D eigenvalue weighted by Crippen LogP contribution is 2.25. The molecule has 0 aliphatic carbocycles. The summed E-state index contributed by atoms with van der Waals surface area (Å²) in [6, 6.07) is 13.0. The van der Waals surface area contributed by atoms with Gasteiger partial charge in [0.25, 0.3) is 0 Å². The van der Waals surface area contributed by atoms with Crippen LogP contribution in [-0.2, 0) is 32.1 Å². The number of carboxylic acid groups (broad SMARTS) is 1. The molecule has 11 heteroatoms. The number of anilines is 1. The van der Waals surface area contributed by atoms with Gasteiger partial charge in [0.1, 0.15) is 24.5 Å². The lowest BCUT2D eigenvalue weighted by atomic mass is 10.0. The highest BCUT2D eigenvalue weighted by molar-refractivity contribution is 5.95. The minimum Gasteiger partial charge on any atom is -0.506 e. The van der Waals surface area contributed by atoms with Gasteiger partial charge in [-0.05, 0) is 56.9 Å². The fraction of sp³-hybridized carbons (Fsp3) is 0.385. The zero-order valence-corrected chi connectivity index (χ0v) is 21.1.